The predicted octanol–water partition coefficient (Wildman–Crippen LogP) is 3.06. The number of para-hydroxylation sites is 2. The van der Waals surface area contributed by atoms with E-state index in [1.54, 1.807) is 18.5 Å². The summed E-state index contributed by atoms with van der Waals surface area (Å²) in [5.41, 5.74) is 3.88. The number of aromatic nitrogens is 2. The molecule has 1 aromatic heterocycles. The average molecular weight is 296 g/mol. The molecule has 3 rings (SSSR count). The highest BCUT2D eigenvalue weighted by Crippen LogP contribution is 2.26. The van der Waals surface area contributed by atoms with Gasteiger partial charge in [-0.2, -0.15) is 0 Å². The number of fused-ring (bicyclic) bond motifs is 1. The van der Waals surface area contributed by atoms with Crippen molar-refractivity contribution in [2.24, 2.45) is 0 Å². The maximum Gasteiger partial charge on any atom is 0.269 e. The summed E-state index contributed by atoms with van der Waals surface area (Å²) in [5.74, 6) is 0. The summed E-state index contributed by atoms with van der Waals surface area (Å²) < 4.78 is 2.00. The zero-order valence-electron chi connectivity index (χ0n) is 12.4. The van der Waals surface area contributed by atoms with Crippen LogP contribution in [0, 0.1) is 10.1 Å². The molecule has 0 bridgehead atoms. The molecular weight excluding hydrogens is 280 g/mol. The molecule has 0 N–H and O–H groups in total. The number of anilines is 1. The lowest BCUT2D eigenvalue weighted by molar-refractivity contribution is -0.384. The van der Waals surface area contributed by atoms with Crippen LogP contribution in [0.2, 0.25) is 0 Å². The summed E-state index contributed by atoms with van der Waals surface area (Å²) >= 11 is 0. The van der Waals surface area contributed by atoms with Crippen molar-refractivity contribution in [2.45, 2.75) is 6.54 Å². The van der Waals surface area contributed by atoms with Gasteiger partial charge in [-0.3, -0.25) is 10.1 Å². The summed E-state index contributed by atoms with van der Waals surface area (Å²) in [6.07, 6.45) is 1.77. The van der Waals surface area contributed by atoms with E-state index < -0.39 is 0 Å². The summed E-state index contributed by atoms with van der Waals surface area (Å²) in [4.78, 5) is 17.0. The van der Waals surface area contributed by atoms with E-state index in [2.05, 4.69) is 4.98 Å². The van der Waals surface area contributed by atoms with E-state index >= 15 is 0 Å². The molecule has 0 saturated heterocycles. The molecular formula is C16H16N4O2. The second kappa shape index (κ2) is 5.48. The van der Waals surface area contributed by atoms with Crippen molar-refractivity contribution < 1.29 is 4.92 Å². The van der Waals surface area contributed by atoms with Gasteiger partial charge in [0, 0.05) is 37.5 Å². The van der Waals surface area contributed by atoms with Crippen molar-refractivity contribution >= 4 is 22.4 Å². The van der Waals surface area contributed by atoms with Crippen LogP contribution in [0.4, 0.5) is 11.4 Å². The minimum absolute atomic E-state index is 0.102. The maximum absolute atomic E-state index is 11.0. The molecule has 0 amide bonds. The van der Waals surface area contributed by atoms with Gasteiger partial charge < -0.3 is 9.47 Å². The Hall–Kier alpha value is -2.89. The monoisotopic (exact) mass is 296 g/mol. The SMILES string of the molecule is CN(C)c1ccc([N+](=O)[O-])cc1Cn1cnc2ccccc21. The van der Waals surface area contributed by atoms with Crippen LogP contribution in [0.5, 0.6) is 0 Å². The third-order valence-corrected chi connectivity index (χ3v) is 3.62. The van der Waals surface area contributed by atoms with Crippen molar-refractivity contribution in [2.75, 3.05) is 19.0 Å². The molecule has 0 fully saturated rings. The normalized spacial score (nSPS) is 10.8. The molecule has 0 aliphatic heterocycles. The Morgan fingerprint density at radius 1 is 1.23 bits per heavy atom. The molecule has 22 heavy (non-hydrogen) atoms. The molecule has 3 aromatic rings. The van der Waals surface area contributed by atoms with Crippen molar-refractivity contribution in [1.29, 1.82) is 0 Å². The van der Waals surface area contributed by atoms with Gasteiger partial charge in [-0.1, -0.05) is 12.1 Å². The predicted molar refractivity (Wildman–Crippen MR) is 86.3 cm³/mol. The van der Waals surface area contributed by atoms with Crippen LogP contribution < -0.4 is 4.90 Å². The topological polar surface area (TPSA) is 64.2 Å². The Morgan fingerprint density at radius 3 is 2.73 bits per heavy atom. The van der Waals surface area contributed by atoms with Crippen molar-refractivity contribution in [3.8, 4) is 0 Å². The zero-order chi connectivity index (χ0) is 15.7. The van der Waals surface area contributed by atoms with Gasteiger partial charge in [0.2, 0.25) is 0 Å². The van der Waals surface area contributed by atoms with Gasteiger partial charge in [0.1, 0.15) is 0 Å². The smallest absolute Gasteiger partial charge is 0.269 e. The summed E-state index contributed by atoms with van der Waals surface area (Å²) in [6, 6.07) is 12.8. The van der Waals surface area contributed by atoms with E-state index in [-0.39, 0.29) is 10.6 Å². The van der Waals surface area contributed by atoms with E-state index in [0.717, 1.165) is 22.3 Å². The van der Waals surface area contributed by atoms with Crippen LogP contribution in [0.3, 0.4) is 0 Å². The molecule has 0 aliphatic rings. The highest BCUT2D eigenvalue weighted by molar-refractivity contribution is 5.75. The highest BCUT2D eigenvalue weighted by atomic mass is 16.6. The first-order valence-electron chi connectivity index (χ1n) is 6.91. The Kier molecular flexibility index (Phi) is 3.50. The van der Waals surface area contributed by atoms with Gasteiger partial charge in [-0.05, 0) is 18.2 Å². The Balaban J connectivity index is 2.06. The average Bonchev–Trinajstić information content (AvgIpc) is 2.90. The molecule has 6 nitrogen and oxygen atoms in total. The number of nitrogens with zero attached hydrogens (tertiary/aromatic N) is 4. The molecule has 0 spiro atoms. The van der Waals surface area contributed by atoms with E-state index in [9.17, 15) is 10.1 Å². The highest BCUT2D eigenvalue weighted by Gasteiger charge is 2.13. The number of benzene rings is 2. The number of nitro benzene ring substituents is 1. The van der Waals surface area contributed by atoms with Crippen LogP contribution in [0.25, 0.3) is 11.0 Å². The fourth-order valence-corrected chi connectivity index (χ4v) is 2.57. The van der Waals surface area contributed by atoms with Crippen molar-refractivity contribution in [3.05, 3.63) is 64.5 Å². The second-order valence-corrected chi connectivity index (χ2v) is 5.33. The first-order chi connectivity index (χ1) is 10.6. The summed E-state index contributed by atoms with van der Waals surface area (Å²) in [5, 5.41) is 11.0. The fraction of sp³-hybridized carbons (Fsp3) is 0.188. The summed E-state index contributed by atoms with van der Waals surface area (Å²) in [7, 11) is 3.85. The minimum atomic E-state index is -0.366. The quantitative estimate of drug-likeness (QED) is 0.548. The Labute approximate surface area is 127 Å². The molecule has 0 saturated carbocycles. The van der Waals surface area contributed by atoms with Crippen LogP contribution in [0.1, 0.15) is 5.56 Å². The largest absolute Gasteiger partial charge is 0.377 e. The first-order valence-corrected chi connectivity index (χ1v) is 6.91. The standard InChI is InChI=1S/C16H16N4O2/c1-18(2)15-8-7-13(20(21)22)9-12(15)10-19-11-17-14-5-3-4-6-16(14)19/h3-9,11H,10H2,1-2H3. The van der Waals surface area contributed by atoms with E-state index in [1.807, 2.05) is 47.8 Å². The molecule has 112 valence electrons. The van der Waals surface area contributed by atoms with Crippen LogP contribution in [0.15, 0.2) is 48.8 Å². The number of hydrogen-bond acceptors (Lipinski definition) is 4. The third-order valence-electron chi connectivity index (χ3n) is 3.62. The zero-order valence-corrected chi connectivity index (χ0v) is 12.4. The number of hydrogen-bond donors (Lipinski definition) is 0. The molecule has 0 radical (unpaired) electrons. The van der Waals surface area contributed by atoms with Crippen molar-refractivity contribution in [3.63, 3.8) is 0 Å². The molecule has 6 heteroatoms. The van der Waals surface area contributed by atoms with Gasteiger partial charge in [0.15, 0.2) is 0 Å². The molecule has 0 unspecified atom stereocenters. The van der Waals surface area contributed by atoms with Gasteiger partial charge >= 0.3 is 0 Å². The van der Waals surface area contributed by atoms with Crippen LogP contribution >= 0.6 is 0 Å². The molecule has 1 heterocycles. The van der Waals surface area contributed by atoms with Crippen LogP contribution in [-0.4, -0.2) is 28.6 Å². The van der Waals surface area contributed by atoms with E-state index in [1.165, 1.54) is 6.07 Å². The number of non-ortho nitro benzene ring substituents is 1. The van der Waals surface area contributed by atoms with Crippen molar-refractivity contribution in [1.82, 2.24) is 9.55 Å². The summed E-state index contributed by atoms with van der Waals surface area (Å²) in [6.45, 7) is 0.537. The van der Waals surface area contributed by atoms with E-state index in [0.29, 0.717) is 6.54 Å². The first kappa shape index (κ1) is 14.1. The molecule has 0 atom stereocenters. The second-order valence-electron chi connectivity index (χ2n) is 5.33. The number of rotatable bonds is 4. The van der Waals surface area contributed by atoms with Gasteiger partial charge in [-0.25, -0.2) is 4.98 Å². The molecule has 2 aromatic carbocycles. The Bertz CT molecular complexity index is 839. The van der Waals surface area contributed by atoms with Gasteiger partial charge in [-0.15, -0.1) is 0 Å². The number of imidazole rings is 1. The van der Waals surface area contributed by atoms with Gasteiger partial charge in [0.25, 0.3) is 5.69 Å². The van der Waals surface area contributed by atoms with Crippen LogP contribution in [-0.2, 0) is 6.54 Å². The Morgan fingerprint density at radius 2 is 2.00 bits per heavy atom. The lowest BCUT2D eigenvalue weighted by atomic mass is 10.1. The fourth-order valence-electron chi connectivity index (χ4n) is 2.57. The van der Waals surface area contributed by atoms with Gasteiger partial charge in [0.05, 0.1) is 28.8 Å². The maximum atomic E-state index is 11.0. The minimum Gasteiger partial charge on any atom is -0.377 e. The lowest BCUT2D eigenvalue weighted by Gasteiger charge is -2.17. The third kappa shape index (κ3) is 2.50. The molecule has 0 aliphatic carbocycles. The van der Waals surface area contributed by atoms with E-state index in [4.69, 9.17) is 0 Å². The lowest BCUT2D eigenvalue weighted by Crippen LogP contribution is -2.13. The number of nitro groups is 1.